The van der Waals surface area contributed by atoms with Crippen LogP contribution in [-0.2, 0) is 39.3 Å². The predicted molar refractivity (Wildman–Crippen MR) is 153 cm³/mol. The van der Waals surface area contributed by atoms with Gasteiger partial charge < -0.3 is 0 Å². The largest absolute Gasteiger partial charge is 0.295 e. The van der Waals surface area contributed by atoms with Crippen molar-refractivity contribution in [3.63, 3.8) is 0 Å². The molecule has 4 heterocycles. The summed E-state index contributed by atoms with van der Waals surface area (Å²) >= 11 is 0. The minimum Gasteiger partial charge on any atom is -0.295 e. The molecule has 0 aliphatic rings. The minimum absolute atomic E-state index is 0.107. The number of hydrogen-bond donors (Lipinski definition) is 0. The standard InChI is InChI=1S/C28H35N11O2/c40-39(41)28-22-26(24-33(13-17-35-9-1-5-29-35)14-18-36-10-2-6-30-36)21-27(23-28)25-34(15-19-37-11-3-7-31-37)16-20-38-12-4-8-32-38/h1-12,21-23H,13-20,24-25H2. The summed E-state index contributed by atoms with van der Waals surface area (Å²) in [6.07, 6.45) is 14.8. The first-order valence-electron chi connectivity index (χ1n) is 13.7. The topological polar surface area (TPSA) is 121 Å². The van der Waals surface area contributed by atoms with Crippen molar-refractivity contribution < 1.29 is 4.92 Å². The Morgan fingerprint density at radius 3 is 1.20 bits per heavy atom. The number of hydrogen-bond acceptors (Lipinski definition) is 8. The van der Waals surface area contributed by atoms with Gasteiger partial charge in [-0.1, -0.05) is 6.07 Å². The zero-order valence-corrected chi connectivity index (χ0v) is 23.0. The van der Waals surface area contributed by atoms with Gasteiger partial charge in [0.05, 0.1) is 31.1 Å². The van der Waals surface area contributed by atoms with Crippen molar-refractivity contribution in [1.82, 2.24) is 48.9 Å². The molecule has 13 nitrogen and oxygen atoms in total. The fourth-order valence-electron chi connectivity index (χ4n) is 4.79. The molecular weight excluding hydrogens is 522 g/mol. The fourth-order valence-corrected chi connectivity index (χ4v) is 4.79. The molecular formula is C28H35N11O2. The van der Waals surface area contributed by atoms with E-state index in [9.17, 15) is 10.1 Å². The first kappa shape index (κ1) is 27.9. The Morgan fingerprint density at radius 1 is 0.585 bits per heavy atom. The summed E-state index contributed by atoms with van der Waals surface area (Å²) in [6.45, 7) is 7.06. The van der Waals surface area contributed by atoms with E-state index in [0.29, 0.717) is 13.1 Å². The van der Waals surface area contributed by atoms with E-state index in [-0.39, 0.29) is 10.6 Å². The van der Waals surface area contributed by atoms with E-state index in [1.165, 1.54) is 0 Å². The quantitative estimate of drug-likeness (QED) is 0.126. The highest BCUT2D eigenvalue weighted by Crippen LogP contribution is 2.20. The maximum absolute atomic E-state index is 11.9. The van der Waals surface area contributed by atoms with Crippen LogP contribution < -0.4 is 0 Å². The summed E-state index contributed by atoms with van der Waals surface area (Å²) in [4.78, 5) is 16.2. The molecule has 214 valence electrons. The second kappa shape index (κ2) is 14.1. The molecule has 5 aromatic rings. The highest BCUT2D eigenvalue weighted by Gasteiger charge is 2.16. The number of benzene rings is 1. The number of nitro benzene ring substituents is 1. The maximum Gasteiger partial charge on any atom is 0.270 e. The van der Waals surface area contributed by atoms with Crippen LogP contribution in [0.3, 0.4) is 0 Å². The molecule has 4 aromatic heterocycles. The first-order valence-corrected chi connectivity index (χ1v) is 13.7. The molecule has 0 N–H and O–H groups in total. The molecule has 0 amide bonds. The summed E-state index contributed by atoms with van der Waals surface area (Å²) in [5.74, 6) is 0. The third kappa shape index (κ3) is 8.68. The van der Waals surface area contributed by atoms with Gasteiger partial charge in [-0.2, -0.15) is 20.4 Å². The van der Waals surface area contributed by atoms with Crippen LogP contribution >= 0.6 is 0 Å². The monoisotopic (exact) mass is 557 g/mol. The van der Waals surface area contributed by atoms with E-state index >= 15 is 0 Å². The van der Waals surface area contributed by atoms with Gasteiger partial charge >= 0.3 is 0 Å². The lowest BCUT2D eigenvalue weighted by Crippen LogP contribution is -2.31. The molecule has 5 rings (SSSR count). The van der Waals surface area contributed by atoms with E-state index in [0.717, 1.165) is 63.5 Å². The average Bonchev–Trinajstić information content (AvgIpc) is 3.81. The summed E-state index contributed by atoms with van der Waals surface area (Å²) in [6, 6.07) is 13.1. The van der Waals surface area contributed by atoms with Gasteiger partial charge in [-0.15, -0.1) is 0 Å². The Kier molecular flexibility index (Phi) is 9.63. The number of rotatable bonds is 17. The van der Waals surface area contributed by atoms with E-state index in [4.69, 9.17) is 0 Å². The number of nitro groups is 1. The molecule has 0 fully saturated rings. The molecule has 13 heteroatoms. The van der Waals surface area contributed by atoms with Crippen LogP contribution in [0.1, 0.15) is 11.1 Å². The summed E-state index contributed by atoms with van der Waals surface area (Å²) in [5.41, 5.74) is 1.93. The summed E-state index contributed by atoms with van der Waals surface area (Å²) < 4.78 is 7.60. The van der Waals surface area contributed by atoms with Crippen LogP contribution in [0.5, 0.6) is 0 Å². The lowest BCUT2D eigenvalue weighted by atomic mass is 10.1. The average molecular weight is 558 g/mol. The van der Waals surface area contributed by atoms with Crippen molar-refractivity contribution in [2.24, 2.45) is 0 Å². The Balaban J connectivity index is 1.31. The molecule has 0 saturated heterocycles. The fraction of sp³-hybridized carbons (Fsp3) is 0.357. The Morgan fingerprint density at radius 2 is 0.927 bits per heavy atom. The molecule has 41 heavy (non-hydrogen) atoms. The van der Waals surface area contributed by atoms with Crippen molar-refractivity contribution >= 4 is 5.69 Å². The zero-order valence-electron chi connectivity index (χ0n) is 23.0. The van der Waals surface area contributed by atoms with Crippen LogP contribution in [0.15, 0.2) is 92.0 Å². The molecule has 0 saturated carbocycles. The van der Waals surface area contributed by atoms with Crippen molar-refractivity contribution in [3.05, 3.63) is 113 Å². The van der Waals surface area contributed by atoms with Gasteiger partial charge in [0.2, 0.25) is 0 Å². The molecule has 0 bridgehead atoms. The van der Waals surface area contributed by atoms with Gasteiger partial charge in [-0.25, -0.2) is 0 Å². The molecule has 0 spiro atoms. The second-order valence-corrected chi connectivity index (χ2v) is 9.89. The van der Waals surface area contributed by atoms with Gasteiger partial charge in [0.25, 0.3) is 5.69 Å². The van der Waals surface area contributed by atoms with Crippen molar-refractivity contribution in [2.75, 3.05) is 26.2 Å². The van der Waals surface area contributed by atoms with E-state index in [1.807, 2.05) is 67.8 Å². The van der Waals surface area contributed by atoms with Crippen LogP contribution in [0.2, 0.25) is 0 Å². The Hall–Kier alpha value is -4.62. The Labute approximate surface area is 238 Å². The van der Waals surface area contributed by atoms with Crippen LogP contribution in [0.25, 0.3) is 0 Å². The van der Waals surface area contributed by atoms with Crippen molar-refractivity contribution in [3.8, 4) is 0 Å². The van der Waals surface area contributed by atoms with Gasteiger partial charge in [-0.05, 0) is 35.4 Å². The van der Waals surface area contributed by atoms with E-state index in [2.05, 4.69) is 36.3 Å². The predicted octanol–water partition coefficient (Wildman–Crippen LogP) is 2.79. The van der Waals surface area contributed by atoms with Gasteiger partial charge in [0, 0.05) is 101 Å². The van der Waals surface area contributed by atoms with Gasteiger partial charge in [0.1, 0.15) is 0 Å². The van der Waals surface area contributed by atoms with Crippen LogP contribution in [0.4, 0.5) is 5.69 Å². The lowest BCUT2D eigenvalue weighted by Gasteiger charge is -2.24. The molecule has 0 unspecified atom stereocenters. The van der Waals surface area contributed by atoms with Crippen LogP contribution in [-0.4, -0.2) is 80.0 Å². The van der Waals surface area contributed by atoms with Gasteiger partial charge in [0.15, 0.2) is 0 Å². The minimum atomic E-state index is -0.303. The second-order valence-electron chi connectivity index (χ2n) is 9.89. The van der Waals surface area contributed by atoms with E-state index in [1.54, 1.807) is 36.9 Å². The normalized spacial score (nSPS) is 11.6. The summed E-state index contributed by atoms with van der Waals surface area (Å²) in [5, 5.41) is 29.2. The third-order valence-electron chi connectivity index (χ3n) is 6.88. The Bertz CT molecular complexity index is 1260. The van der Waals surface area contributed by atoms with Crippen molar-refractivity contribution in [1.29, 1.82) is 0 Å². The smallest absolute Gasteiger partial charge is 0.270 e. The van der Waals surface area contributed by atoms with Gasteiger partial charge in [-0.3, -0.25) is 38.6 Å². The number of aromatic nitrogens is 8. The van der Waals surface area contributed by atoms with E-state index < -0.39 is 0 Å². The lowest BCUT2D eigenvalue weighted by molar-refractivity contribution is -0.385. The SMILES string of the molecule is O=[N+]([O-])c1cc(CN(CCn2cccn2)CCn2cccn2)cc(CN(CCn2cccn2)CCn2cccn2)c1. The molecule has 0 aliphatic carbocycles. The number of non-ortho nitro benzene ring substituents is 1. The molecule has 0 atom stereocenters. The zero-order chi connectivity index (χ0) is 28.3. The molecule has 0 aliphatic heterocycles. The highest BCUT2D eigenvalue weighted by molar-refractivity contribution is 5.39. The molecule has 1 aromatic carbocycles. The maximum atomic E-state index is 11.9. The first-order chi connectivity index (χ1) is 20.1. The summed E-state index contributed by atoms with van der Waals surface area (Å²) in [7, 11) is 0. The highest BCUT2D eigenvalue weighted by atomic mass is 16.6. The third-order valence-corrected chi connectivity index (χ3v) is 6.88. The van der Waals surface area contributed by atoms with Crippen LogP contribution in [0, 0.1) is 10.1 Å². The molecule has 0 radical (unpaired) electrons. The number of nitrogens with zero attached hydrogens (tertiary/aromatic N) is 11. The van der Waals surface area contributed by atoms with Crippen molar-refractivity contribution in [2.45, 2.75) is 39.3 Å².